The van der Waals surface area contributed by atoms with E-state index < -0.39 is 0 Å². The summed E-state index contributed by atoms with van der Waals surface area (Å²) in [6.07, 6.45) is 0. The fourth-order valence-corrected chi connectivity index (χ4v) is 2.03. The summed E-state index contributed by atoms with van der Waals surface area (Å²) < 4.78 is 0. The Balaban J connectivity index is 0.000000963. The van der Waals surface area contributed by atoms with E-state index in [2.05, 4.69) is 24.3 Å². The van der Waals surface area contributed by atoms with Gasteiger partial charge in [0.15, 0.2) is 0 Å². The zero-order valence-electron chi connectivity index (χ0n) is 9.07. The molecule has 3 aromatic carbocycles. The van der Waals surface area contributed by atoms with Gasteiger partial charge in [-0.3, -0.25) is 0 Å². The van der Waals surface area contributed by atoms with Crippen LogP contribution in [0.3, 0.4) is 0 Å². The van der Waals surface area contributed by atoms with Gasteiger partial charge in [-0.2, -0.15) is 5.26 Å². The number of rotatable bonds is 0. The monoisotopic (exact) mass is 197 g/mol. The van der Waals surface area contributed by atoms with Crippen LogP contribution in [0.4, 0.5) is 0 Å². The first-order valence-electron chi connectivity index (χ1n) is 4.87. The summed E-state index contributed by atoms with van der Waals surface area (Å²) in [5.41, 5.74) is 0.720. The van der Waals surface area contributed by atoms with Crippen LogP contribution >= 0.6 is 0 Å². The quantitative estimate of drug-likeness (QED) is 0.382. The average Bonchev–Trinajstić information content (AvgIpc) is 2.66. The Hall–Kier alpha value is -1.60. The Morgan fingerprint density at radius 2 is 1.69 bits per heavy atom. The fourth-order valence-electron chi connectivity index (χ4n) is 2.03. The van der Waals surface area contributed by atoms with E-state index in [0.717, 1.165) is 10.9 Å². The number of hydrogen-bond donors (Lipinski definition) is 0. The van der Waals surface area contributed by atoms with Gasteiger partial charge in [-0.15, -0.1) is 39.7 Å². The van der Waals surface area contributed by atoms with Crippen molar-refractivity contribution < 1.29 is 18.9 Å². The molecule has 0 aliphatic carbocycles. The summed E-state index contributed by atoms with van der Waals surface area (Å²) >= 11 is 0. The van der Waals surface area contributed by atoms with Crippen LogP contribution in [-0.4, -0.2) is 0 Å². The van der Waals surface area contributed by atoms with Crippen LogP contribution in [0, 0.1) is 11.3 Å². The molecule has 0 saturated carbocycles. The molecule has 0 aromatic heterocycles. The maximum atomic E-state index is 8.82. The molecule has 3 rings (SSSR count). The molecule has 0 aliphatic rings. The molecule has 1 nitrogen and oxygen atoms in total. The largest absolute Gasteiger partial charge is 1.00 e. The standard InChI is InChI=1S/C14H8N.Li/c15-9-10-5-6-14-12(7-10)8-11-3-1-2-4-13(11)14;/h1-8H;/q-1;+1. The minimum Gasteiger partial charge on any atom is -0.193 e. The van der Waals surface area contributed by atoms with Crippen molar-refractivity contribution >= 4 is 21.5 Å². The Morgan fingerprint density at radius 3 is 2.50 bits per heavy atom. The number of fused-ring (bicyclic) bond motifs is 3. The molecule has 0 radical (unpaired) electrons. The maximum absolute atomic E-state index is 8.82. The third-order valence-electron chi connectivity index (χ3n) is 2.74. The fraction of sp³-hybridized carbons (Fsp3) is 0. The topological polar surface area (TPSA) is 23.8 Å². The number of nitrogens with zero attached hydrogens (tertiary/aromatic N) is 1. The summed E-state index contributed by atoms with van der Waals surface area (Å²) in [4.78, 5) is 0. The zero-order valence-corrected chi connectivity index (χ0v) is 9.07. The van der Waals surface area contributed by atoms with Gasteiger partial charge >= 0.3 is 18.9 Å². The molecule has 0 bridgehead atoms. The zero-order chi connectivity index (χ0) is 10.3. The van der Waals surface area contributed by atoms with Crippen molar-refractivity contribution in [2.75, 3.05) is 0 Å². The van der Waals surface area contributed by atoms with Gasteiger partial charge in [0, 0.05) is 5.56 Å². The van der Waals surface area contributed by atoms with Crippen molar-refractivity contribution in [2.24, 2.45) is 0 Å². The third kappa shape index (κ3) is 1.53. The van der Waals surface area contributed by atoms with Crippen LogP contribution in [0.1, 0.15) is 5.56 Å². The average molecular weight is 197 g/mol. The molecular formula is C14H8LiN. The minimum absolute atomic E-state index is 0. The predicted octanol–water partition coefficient (Wildman–Crippen LogP) is 0.588. The summed E-state index contributed by atoms with van der Waals surface area (Å²) in [6, 6.07) is 18.4. The van der Waals surface area contributed by atoms with E-state index in [1.54, 1.807) is 0 Å². The Kier molecular flexibility index (Phi) is 2.80. The van der Waals surface area contributed by atoms with E-state index in [-0.39, 0.29) is 18.9 Å². The SMILES string of the molecule is N#Cc1ccc2c(c1)[cH-]c1ccccc12.[Li+]. The molecule has 0 unspecified atom stereocenters. The van der Waals surface area contributed by atoms with Gasteiger partial charge in [-0.05, 0) is 0 Å². The molecule has 16 heavy (non-hydrogen) atoms. The van der Waals surface area contributed by atoms with Crippen molar-refractivity contribution in [3.05, 3.63) is 54.1 Å². The van der Waals surface area contributed by atoms with Crippen molar-refractivity contribution in [1.82, 2.24) is 0 Å². The molecule has 0 spiro atoms. The van der Waals surface area contributed by atoms with Crippen molar-refractivity contribution in [1.29, 1.82) is 5.26 Å². The van der Waals surface area contributed by atoms with Crippen molar-refractivity contribution in [3.63, 3.8) is 0 Å². The Morgan fingerprint density at radius 1 is 0.938 bits per heavy atom. The van der Waals surface area contributed by atoms with Crippen molar-refractivity contribution in [2.45, 2.75) is 0 Å². The second-order valence-electron chi connectivity index (χ2n) is 3.65. The summed E-state index contributed by atoms with van der Waals surface area (Å²) in [5.74, 6) is 0. The summed E-state index contributed by atoms with van der Waals surface area (Å²) in [6.45, 7) is 0. The van der Waals surface area contributed by atoms with Gasteiger partial charge in [0.05, 0.1) is 6.07 Å². The maximum Gasteiger partial charge on any atom is 1.00 e. The number of hydrogen-bond acceptors (Lipinski definition) is 1. The molecule has 0 N–H and O–H groups in total. The van der Waals surface area contributed by atoms with E-state index in [1.807, 2.05) is 30.3 Å². The van der Waals surface area contributed by atoms with Gasteiger partial charge in [-0.1, -0.05) is 30.3 Å². The molecule has 2 heteroatoms. The third-order valence-corrected chi connectivity index (χ3v) is 2.74. The van der Waals surface area contributed by atoms with Crippen LogP contribution in [0.25, 0.3) is 21.5 Å². The molecule has 0 atom stereocenters. The van der Waals surface area contributed by atoms with Gasteiger partial charge in [0.25, 0.3) is 0 Å². The van der Waals surface area contributed by atoms with E-state index in [4.69, 9.17) is 5.26 Å². The Bertz CT molecular complexity index is 689. The number of nitriles is 1. The first-order chi connectivity index (χ1) is 7.38. The normalized spacial score (nSPS) is 9.94. The van der Waals surface area contributed by atoms with E-state index in [9.17, 15) is 0 Å². The van der Waals surface area contributed by atoms with Gasteiger partial charge in [-0.25, -0.2) is 0 Å². The molecule has 0 saturated heterocycles. The molecular weight excluding hydrogens is 189 g/mol. The molecule has 0 fully saturated rings. The van der Waals surface area contributed by atoms with E-state index in [1.165, 1.54) is 16.2 Å². The van der Waals surface area contributed by atoms with Crippen LogP contribution in [-0.2, 0) is 0 Å². The second kappa shape index (κ2) is 4.10. The van der Waals surface area contributed by atoms with Crippen LogP contribution in [0.2, 0.25) is 0 Å². The van der Waals surface area contributed by atoms with Gasteiger partial charge in [0.2, 0.25) is 0 Å². The van der Waals surface area contributed by atoms with Gasteiger partial charge in [0.1, 0.15) is 0 Å². The van der Waals surface area contributed by atoms with Crippen LogP contribution in [0.15, 0.2) is 48.5 Å². The van der Waals surface area contributed by atoms with Crippen molar-refractivity contribution in [3.8, 4) is 6.07 Å². The number of benzene rings is 2. The summed E-state index contributed by atoms with van der Waals surface area (Å²) in [5, 5.41) is 13.7. The smallest absolute Gasteiger partial charge is 0.193 e. The molecule has 0 aliphatic heterocycles. The molecule has 0 amide bonds. The predicted molar refractivity (Wildman–Crippen MR) is 61.8 cm³/mol. The Labute approximate surface area is 106 Å². The second-order valence-corrected chi connectivity index (χ2v) is 3.65. The first-order valence-corrected chi connectivity index (χ1v) is 4.87. The van der Waals surface area contributed by atoms with E-state index in [0.29, 0.717) is 0 Å². The molecule has 0 heterocycles. The molecule has 3 aromatic rings. The molecule has 70 valence electrons. The summed E-state index contributed by atoms with van der Waals surface area (Å²) in [7, 11) is 0. The first kappa shape index (κ1) is 10.9. The minimum atomic E-state index is 0. The van der Waals surface area contributed by atoms with Crippen LogP contribution < -0.4 is 18.9 Å². The van der Waals surface area contributed by atoms with Gasteiger partial charge < -0.3 is 0 Å². The van der Waals surface area contributed by atoms with Crippen LogP contribution in [0.5, 0.6) is 0 Å². The van der Waals surface area contributed by atoms with E-state index >= 15 is 0 Å².